The fraction of sp³-hybridized carbons (Fsp3) is 0.188. The number of amides is 1. The van der Waals surface area contributed by atoms with Crippen LogP contribution in [0, 0.1) is 19.7 Å². The Morgan fingerprint density at radius 2 is 1.85 bits per heavy atom. The van der Waals surface area contributed by atoms with Gasteiger partial charge in [-0.3, -0.25) is 4.79 Å². The molecule has 0 aliphatic rings. The van der Waals surface area contributed by atoms with Gasteiger partial charge in [-0.15, -0.1) is 0 Å². The van der Waals surface area contributed by atoms with Crippen molar-refractivity contribution in [2.45, 2.75) is 20.4 Å². The minimum Gasteiger partial charge on any atom is -0.326 e. The van der Waals surface area contributed by atoms with E-state index in [2.05, 4.69) is 5.32 Å². The molecule has 0 aliphatic carbocycles. The van der Waals surface area contributed by atoms with Crippen molar-refractivity contribution in [3.8, 4) is 0 Å². The predicted molar refractivity (Wildman–Crippen MR) is 78.2 cm³/mol. The number of hydrogen-bond acceptors (Lipinski definition) is 2. The number of aryl methyl sites for hydroxylation is 2. The quantitative estimate of drug-likeness (QED) is 0.901. The molecule has 0 unspecified atom stereocenters. The van der Waals surface area contributed by atoms with Crippen molar-refractivity contribution >= 4 is 11.6 Å². The first-order valence-electron chi connectivity index (χ1n) is 6.38. The number of halogens is 1. The molecule has 104 valence electrons. The summed E-state index contributed by atoms with van der Waals surface area (Å²) >= 11 is 0. The standard InChI is InChI=1S/C16H17FN2O/c1-10-4-6-13(17)8-14(10)16(20)19-15-7-12(9-18)5-3-11(15)2/h3-8H,9,18H2,1-2H3,(H,19,20). The lowest BCUT2D eigenvalue weighted by Gasteiger charge is -2.11. The molecule has 0 bridgehead atoms. The first-order valence-corrected chi connectivity index (χ1v) is 6.38. The maximum absolute atomic E-state index is 13.2. The monoisotopic (exact) mass is 272 g/mol. The molecular weight excluding hydrogens is 255 g/mol. The highest BCUT2D eigenvalue weighted by molar-refractivity contribution is 6.05. The van der Waals surface area contributed by atoms with Crippen molar-refractivity contribution in [3.63, 3.8) is 0 Å². The van der Waals surface area contributed by atoms with Crippen molar-refractivity contribution < 1.29 is 9.18 Å². The highest BCUT2D eigenvalue weighted by Gasteiger charge is 2.11. The fourth-order valence-electron chi connectivity index (χ4n) is 1.96. The molecule has 0 aliphatic heterocycles. The Labute approximate surface area is 117 Å². The van der Waals surface area contributed by atoms with Gasteiger partial charge in [-0.1, -0.05) is 18.2 Å². The summed E-state index contributed by atoms with van der Waals surface area (Å²) in [7, 11) is 0. The van der Waals surface area contributed by atoms with E-state index in [1.54, 1.807) is 13.0 Å². The average molecular weight is 272 g/mol. The fourth-order valence-corrected chi connectivity index (χ4v) is 1.96. The summed E-state index contributed by atoms with van der Waals surface area (Å²) in [5.74, 6) is -0.743. The van der Waals surface area contributed by atoms with Crippen LogP contribution >= 0.6 is 0 Å². The summed E-state index contributed by atoms with van der Waals surface area (Å²) in [4.78, 5) is 12.2. The van der Waals surface area contributed by atoms with Crippen molar-refractivity contribution in [1.82, 2.24) is 0 Å². The number of hydrogen-bond donors (Lipinski definition) is 2. The second kappa shape index (κ2) is 5.84. The maximum Gasteiger partial charge on any atom is 0.256 e. The summed E-state index contributed by atoms with van der Waals surface area (Å²) in [6.07, 6.45) is 0. The molecular formula is C16H17FN2O. The Balaban J connectivity index is 2.30. The first kappa shape index (κ1) is 14.2. The third-order valence-electron chi connectivity index (χ3n) is 3.23. The summed E-state index contributed by atoms with van der Waals surface area (Å²) in [6.45, 7) is 4.08. The number of anilines is 1. The van der Waals surface area contributed by atoms with Crippen molar-refractivity contribution in [3.05, 3.63) is 64.5 Å². The molecule has 0 atom stereocenters. The van der Waals surface area contributed by atoms with Crippen LogP contribution in [0.5, 0.6) is 0 Å². The molecule has 4 heteroatoms. The van der Waals surface area contributed by atoms with E-state index in [0.29, 0.717) is 17.8 Å². The van der Waals surface area contributed by atoms with Crippen LogP contribution in [0.25, 0.3) is 0 Å². The number of nitrogens with two attached hydrogens (primary N) is 1. The van der Waals surface area contributed by atoms with E-state index in [-0.39, 0.29) is 5.91 Å². The van der Waals surface area contributed by atoms with Crippen molar-refractivity contribution in [2.75, 3.05) is 5.32 Å². The number of carbonyl (C=O) groups is 1. The Bertz CT molecular complexity index is 653. The zero-order chi connectivity index (χ0) is 14.7. The van der Waals surface area contributed by atoms with Crippen molar-refractivity contribution in [2.24, 2.45) is 5.73 Å². The van der Waals surface area contributed by atoms with Crippen molar-refractivity contribution in [1.29, 1.82) is 0 Å². The molecule has 0 aromatic heterocycles. The van der Waals surface area contributed by atoms with E-state index in [9.17, 15) is 9.18 Å². The highest BCUT2D eigenvalue weighted by atomic mass is 19.1. The molecule has 20 heavy (non-hydrogen) atoms. The third-order valence-corrected chi connectivity index (χ3v) is 3.23. The summed E-state index contributed by atoms with van der Waals surface area (Å²) in [6, 6.07) is 9.82. The van der Waals surface area contributed by atoms with E-state index < -0.39 is 5.82 Å². The van der Waals surface area contributed by atoms with Gasteiger partial charge in [-0.05, 0) is 48.7 Å². The van der Waals surface area contributed by atoms with Gasteiger partial charge in [0.25, 0.3) is 5.91 Å². The van der Waals surface area contributed by atoms with E-state index in [1.165, 1.54) is 12.1 Å². The van der Waals surface area contributed by atoms with E-state index in [0.717, 1.165) is 16.7 Å². The highest BCUT2D eigenvalue weighted by Crippen LogP contribution is 2.19. The van der Waals surface area contributed by atoms with Gasteiger partial charge in [-0.2, -0.15) is 0 Å². The molecule has 0 radical (unpaired) electrons. The van der Waals surface area contributed by atoms with Gasteiger partial charge >= 0.3 is 0 Å². The van der Waals surface area contributed by atoms with Crippen LogP contribution in [-0.4, -0.2) is 5.91 Å². The zero-order valence-electron chi connectivity index (χ0n) is 11.5. The topological polar surface area (TPSA) is 55.1 Å². The van der Waals surface area contributed by atoms with Gasteiger partial charge in [0, 0.05) is 17.8 Å². The lowest BCUT2D eigenvalue weighted by atomic mass is 10.1. The van der Waals surface area contributed by atoms with Gasteiger partial charge in [0.1, 0.15) is 5.82 Å². The van der Waals surface area contributed by atoms with Gasteiger partial charge in [0.15, 0.2) is 0 Å². The van der Waals surface area contributed by atoms with E-state index >= 15 is 0 Å². The average Bonchev–Trinajstić information content (AvgIpc) is 2.43. The molecule has 2 rings (SSSR count). The van der Waals surface area contributed by atoms with Gasteiger partial charge in [0.2, 0.25) is 0 Å². The van der Waals surface area contributed by atoms with E-state index in [1.807, 2.05) is 25.1 Å². The smallest absolute Gasteiger partial charge is 0.256 e. The molecule has 3 N–H and O–H groups in total. The van der Waals surface area contributed by atoms with Gasteiger partial charge in [-0.25, -0.2) is 4.39 Å². The van der Waals surface area contributed by atoms with E-state index in [4.69, 9.17) is 5.73 Å². The largest absolute Gasteiger partial charge is 0.326 e. The second-order valence-corrected chi connectivity index (χ2v) is 4.77. The maximum atomic E-state index is 13.2. The Morgan fingerprint density at radius 1 is 1.15 bits per heavy atom. The molecule has 0 heterocycles. The number of benzene rings is 2. The zero-order valence-corrected chi connectivity index (χ0v) is 11.5. The van der Waals surface area contributed by atoms with Crippen LogP contribution < -0.4 is 11.1 Å². The minimum absolute atomic E-state index is 0.320. The van der Waals surface area contributed by atoms with Gasteiger partial charge in [0.05, 0.1) is 0 Å². The Hall–Kier alpha value is -2.20. The molecule has 0 spiro atoms. The lowest BCUT2D eigenvalue weighted by Crippen LogP contribution is -2.15. The first-order chi connectivity index (χ1) is 9.51. The number of nitrogens with one attached hydrogen (secondary N) is 1. The molecule has 1 amide bonds. The van der Waals surface area contributed by atoms with Crippen LogP contribution in [-0.2, 0) is 6.54 Å². The lowest BCUT2D eigenvalue weighted by molar-refractivity contribution is 0.102. The molecule has 0 fully saturated rings. The van der Waals surface area contributed by atoms with Crippen LogP contribution in [0.2, 0.25) is 0 Å². The van der Waals surface area contributed by atoms with Crippen LogP contribution in [0.1, 0.15) is 27.0 Å². The Kier molecular flexibility index (Phi) is 4.15. The van der Waals surface area contributed by atoms with Crippen LogP contribution in [0.15, 0.2) is 36.4 Å². The van der Waals surface area contributed by atoms with Gasteiger partial charge < -0.3 is 11.1 Å². The van der Waals surface area contributed by atoms with Crippen LogP contribution in [0.3, 0.4) is 0 Å². The number of carbonyl (C=O) groups excluding carboxylic acids is 1. The predicted octanol–water partition coefficient (Wildman–Crippen LogP) is 3.15. The molecule has 0 saturated carbocycles. The molecule has 3 nitrogen and oxygen atoms in total. The SMILES string of the molecule is Cc1ccc(CN)cc1NC(=O)c1cc(F)ccc1C. The van der Waals surface area contributed by atoms with Crippen LogP contribution in [0.4, 0.5) is 10.1 Å². The molecule has 2 aromatic rings. The Morgan fingerprint density at radius 3 is 2.55 bits per heavy atom. The third kappa shape index (κ3) is 3.03. The number of rotatable bonds is 3. The molecule has 2 aromatic carbocycles. The second-order valence-electron chi connectivity index (χ2n) is 4.77. The summed E-state index contributed by atoms with van der Waals surface area (Å²) in [5, 5.41) is 2.81. The molecule has 0 saturated heterocycles. The minimum atomic E-state index is -0.423. The summed E-state index contributed by atoms with van der Waals surface area (Å²) < 4.78 is 13.2. The normalized spacial score (nSPS) is 10.4. The summed E-state index contributed by atoms with van der Waals surface area (Å²) in [5.41, 5.74) is 9.22.